The highest BCUT2D eigenvalue weighted by Gasteiger charge is 2.26. The van der Waals surface area contributed by atoms with Crippen molar-refractivity contribution in [3.63, 3.8) is 0 Å². The van der Waals surface area contributed by atoms with Crippen LogP contribution in [0.25, 0.3) is 10.9 Å². The van der Waals surface area contributed by atoms with E-state index in [4.69, 9.17) is 0 Å². The second kappa shape index (κ2) is 7.15. The number of fused-ring (bicyclic) bond motifs is 1. The number of benzene rings is 1. The molecule has 0 saturated carbocycles. The number of carbonyl (C=O) groups excluding carboxylic acids is 1. The zero-order chi connectivity index (χ0) is 17.0. The number of nitrogens with one attached hydrogen (secondary N) is 1. The summed E-state index contributed by atoms with van der Waals surface area (Å²) in [4.78, 5) is 17.3. The molecule has 0 aliphatic rings. The van der Waals surface area contributed by atoms with Crippen LogP contribution in [0.15, 0.2) is 24.4 Å². The van der Waals surface area contributed by atoms with Crippen molar-refractivity contribution in [1.29, 1.82) is 0 Å². The van der Waals surface area contributed by atoms with E-state index in [0.29, 0.717) is 13.0 Å². The van der Waals surface area contributed by atoms with Crippen molar-refractivity contribution < 1.29 is 15.0 Å². The number of hydrogen-bond acceptors (Lipinski definition) is 3. The molecule has 5 heteroatoms. The van der Waals surface area contributed by atoms with Gasteiger partial charge in [0.1, 0.15) is 0 Å². The van der Waals surface area contributed by atoms with Crippen LogP contribution < -0.4 is 0 Å². The molecular weight excluding hydrogens is 292 g/mol. The number of likely N-dealkylation sites (N-methyl/N-ethyl adjacent to an activating group) is 1. The lowest BCUT2D eigenvalue weighted by Gasteiger charge is -2.30. The third kappa shape index (κ3) is 3.74. The van der Waals surface area contributed by atoms with Crippen LogP contribution in [-0.2, 0) is 17.6 Å². The van der Waals surface area contributed by atoms with Crippen LogP contribution >= 0.6 is 0 Å². The number of aliphatic hydroxyl groups excluding tert-OH is 2. The first-order valence-corrected chi connectivity index (χ1v) is 7.97. The minimum atomic E-state index is -0.681. The van der Waals surface area contributed by atoms with E-state index < -0.39 is 5.41 Å². The number of aliphatic hydroxyl groups is 2. The molecule has 126 valence electrons. The summed E-state index contributed by atoms with van der Waals surface area (Å²) in [7, 11) is 1.71. The van der Waals surface area contributed by atoms with Crippen LogP contribution in [0, 0.1) is 5.41 Å². The maximum atomic E-state index is 12.5. The summed E-state index contributed by atoms with van der Waals surface area (Å²) in [5, 5.41) is 19.8. The molecule has 0 spiro atoms. The fourth-order valence-electron chi connectivity index (χ4n) is 2.82. The van der Waals surface area contributed by atoms with Crippen molar-refractivity contribution in [2.75, 3.05) is 26.8 Å². The summed E-state index contributed by atoms with van der Waals surface area (Å²) >= 11 is 0. The van der Waals surface area contributed by atoms with Gasteiger partial charge in [0, 0.05) is 36.1 Å². The van der Waals surface area contributed by atoms with E-state index in [1.807, 2.05) is 18.3 Å². The first-order valence-electron chi connectivity index (χ1n) is 7.97. The number of nitrogens with zero attached hydrogens (tertiary/aromatic N) is 1. The van der Waals surface area contributed by atoms with E-state index in [1.54, 1.807) is 18.9 Å². The van der Waals surface area contributed by atoms with Gasteiger partial charge in [-0.1, -0.05) is 32.0 Å². The van der Waals surface area contributed by atoms with Crippen LogP contribution in [0.5, 0.6) is 0 Å². The summed E-state index contributed by atoms with van der Waals surface area (Å²) in [6.07, 6.45) is 3.14. The molecule has 0 fully saturated rings. The van der Waals surface area contributed by atoms with Gasteiger partial charge in [0.05, 0.1) is 19.6 Å². The Hall–Kier alpha value is -1.85. The second-order valence-electron chi connectivity index (χ2n) is 6.56. The maximum Gasteiger partial charge on any atom is 0.226 e. The van der Waals surface area contributed by atoms with Crippen molar-refractivity contribution in [3.05, 3.63) is 35.5 Å². The Bertz CT molecular complexity index is 674. The molecule has 23 heavy (non-hydrogen) atoms. The first-order chi connectivity index (χ1) is 10.9. The zero-order valence-corrected chi connectivity index (χ0v) is 14.1. The Morgan fingerprint density at radius 3 is 2.57 bits per heavy atom. The number of carbonyl (C=O) groups is 1. The van der Waals surface area contributed by atoms with E-state index in [9.17, 15) is 15.0 Å². The van der Waals surface area contributed by atoms with E-state index >= 15 is 0 Å². The molecule has 1 amide bonds. The third-order valence-corrected chi connectivity index (χ3v) is 4.42. The molecular formula is C18H26N2O3. The summed E-state index contributed by atoms with van der Waals surface area (Å²) in [6, 6.07) is 6.13. The standard InChI is InChI=1S/C18H26N2O3/c1-4-13-6-5-7-15-14(9-19-17(13)15)8-16(23)20(3)10-18(2,11-21)12-22/h5-7,9,19,21-22H,4,8,10-12H2,1-3H3. The lowest BCUT2D eigenvalue weighted by atomic mass is 9.92. The van der Waals surface area contributed by atoms with Gasteiger partial charge in [-0.15, -0.1) is 0 Å². The van der Waals surface area contributed by atoms with Gasteiger partial charge in [-0.3, -0.25) is 4.79 Å². The van der Waals surface area contributed by atoms with Crippen molar-refractivity contribution in [2.24, 2.45) is 5.41 Å². The van der Waals surface area contributed by atoms with Crippen molar-refractivity contribution >= 4 is 16.8 Å². The van der Waals surface area contributed by atoms with Gasteiger partial charge >= 0.3 is 0 Å². The van der Waals surface area contributed by atoms with Gasteiger partial charge in [-0.2, -0.15) is 0 Å². The van der Waals surface area contributed by atoms with E-state index in [2.05, 4.69) is 18.0 Å². The van der Waals surface area contributed by atoms with E-state index in [1.165, 1.54) is 5.56 Å². The second-order valence-corrected chi connectivity index (χ2v) is 6.56. The molecule has 1 heterocycles. The summed E-state index contributed by atoms with van der Waals surface area (Å²) in [5.41, 5.74) is 2.63. The highest BCUT2D eigenvalue weighted by molar-refractivity contribution is 5.90. The molecule has 0 bridgehead atoms. The van der Waals surface area contributed by atoms with Gasteiger partial charge in [0.25, 0.3) is 0 Å². The Kier molecular flexibility index (Phi) is 5.44. The molecule has 0 aliphatic heterocycles. The first kappa shape index (κ1) is 17.5. The van der Waals surface area contributed by atoms with Crippen molar-refractivity contribution in [1.82, 2.24) is 9.88 Å². The minimum absolute atomic E-state index is 0.0269. The maximum absolute atomic E-state index is 12.5. The Labute approximate surface area is 136 Å². The molecule has 1 aromatic heterocycles. The highest BCUT2D eigenvalue weighted by Crippen LogP contribution is 2.23. The van der Waals surface area contributed by atoms with Crippen LogP contribution in [0.3, 0.4) is 0 Å². The van der Waals surface area contributed by atoms with Gasteiger partial charge < -0.3 is 20.1 Å². The number of para-hydroxylation sites is 1. The molecule has 1 aromatic carbocycles. The van der Waals surface area contributed by atoms with Crippen LogP contribution in [-0.4, -0.2) is 52.8 Å². The number of amides is 1. The van der Waals surface area contributed by atoms with Crippen molar-refractivity contribution in [3.8, 4) is 0 Å². The molecule has 0 aliphatic carbocycles. The van der Waals surface area contributed by atoms with Crippen LogP contribution in [0.2, 0.25) is 0 Å². The predicted molar refractivity (Wildman–Crippen MR) is 91.3 cm³/mol. The zero-order valence-electron chi connectivity index (χ0n) is 14.1. The molecule has 2 rings (SSSR count). The fourth-order valence-corrected chi connectivity index (χ4v) is 2.82. The molecule has 3 N–H and O–H groups in total. The van der Waals surface area contributed by atoms with Crippen molar-refractivity contribution in [2.45, 2.75) is 26.7 Å². The predicted octanol–water partition coefficient (Wildman–Crippen LogP) is 1.72. The van der Waals surface area contributed by atoms with Gasteiger partial charge in [-0.25, -0.2) is 0 Å². The molecule has 0 radical (unpaired) electrons. The van der Waals surface area contributed by atoms with Gasteiger partial charge in [0.2, 0.25) is 5.91 Å². The fraction of sp³-hybridized carbons (Fsp3) is 0.500. The molecule has 5 nitrogen and oxygen atoms in total. The topological polar surface area (TPSA) is 76.6 Å². The third-order valence-electron chi connectivity index (χ3n) is 4.42. The average molecular weight is 318 g/mol. The lowest BCUT2D eigenvalue weighted by Crippen LogP contribution is -2.42. The number of H-pyrrole nitrogens is 1. The average Bonchev–Trinajstić information content (AvgIpc) is 2.97. The van der Waals surface area contributed by atoms with Crippen LogP contribution in [0.1, 0.15) is 25.0 Å². The van der Waals surface area contributed by atoms with E-state index in [-0.39, 0.29) is 19.1 Å². The molecule has 2 aromatic rings. The SMILES string of the molecule is CCc1cccc2c(CC(=O)N(C)CC(C)(CO)CO)c[nH]c12. The molecule has 0 saturated heterocycles. The number of aromatic amines is 1. The monoisotopic (exact) mass is 318 g/mol. The summed E-state index contributed by atoms with van der Waals surface area (Å²) in [5.74, 6) is -0.0269. The number of aromatic nitrogens is 1. The lowest BCUT2D eigenvalue weighted by molar-refractivity contribution is -0.131. The van der Waals surface area contributed by atoms with E-state index in [0.717, 1.165) is 22.9 Å². The largest absolute Gasteiger partial charge is 0.396 e. The van der Waals surface area contributed by atoms with Crippen LogP contribution in [0.4, 0.5) is 0 Å². The number of hydrogen-bond donors (Lipinski definition) is 3. The summed E-state index contributed by atoms with van der Waals surface area (Å²) < 4.78 is 0. The number of aryl methyl sites for hydroxylation is 1. The highest BCUT2D eigenvalue weighted by atomic mass is 16.3. The number of rotatable bonds is 7. The minimum Gasteiger partial charge on any atom is -0.396 e. The quantitative estimate of drug-likeness (QED) is 0.727. The van der Waals surface area contributed by atoms with Gasteiger partial charge in [0.15, 0.2) is 0 Å². The normalized spacial score (nSPS) is 11.9. The van der Waals surface area contributed by atoms with Gasteiger partial charge in [-0.05, 0) is 17.5 Å². The smallest absolute Gasteiger partial charge is 0.226 e. The Morgan fingerprint density at radius 2 is 1.96 bits per heavy atom. The molecule has 0 unspecified atom stereocenters. The summed E-state index contributed by atoms with van der Waals surface area (Å²) in [6.45, 7) is 3.87. The molecule has 0 atom stereocenters. The Morgan fingerprint density at radius 1 is 1.26 bits per heavy atom. The Balaban J connectivity index is 2.14.